The summed E-state index contributed by atoms with van der Waals surface area (Å²) in [5, 5.41) is 0. The number of benzene rings is 1. The number of aryl methyl sites for hydroxylation is 1. The van der Waals surface area contributed by atoms with Crippen molar-refractivity contribution in [2.24, 2.45) is 0 Å². The topological polar surface area (TPSA) is 17.1 Å². The maximum Gasteiger partial charge on any atom is 0.195 e. The molecule has 0 amide bonds. The van der Waals surface area contributed by atoms with E-state index in [1.54, 1.807) is 28.7 Å². The van der Waals surface area contributed by atoms with Crippen LogP contribution >= 0.6 is 22.7 Å². The smallest absolute Gasteiger partial charge is 0.195 e. The van der Waals surface area contributed by atoms with Crippen LogP contribution in [-0.2, 0) is 6.42 Å². The second kappa shape index (κ2) is 6.86. The summed E-state index contributed by atoms with van der Waals surface area (Å²) in [6.07, 6.45) is 4.53. The molecule has 0 radical (unpaired) electrons. The minimum Gasteiger partial charge on any atom is -0.288 e. The van der Waals surface area contributed by atoms with Crippen molar-refractivity contribution < 1.29 is 4.79 Å². The Morgan fingerprint density at radius 3 is 2.55 bits per heavy atom. The Bertz CT molecular complexity index is 794. The highest BCUT2D eigenvalue weighted by Crippen LogP contribution is 2.22. The first-order valence-corrected chi connectivity index (χ1v) is 8.75. The lowest BCUT2D eigenvalue weighted by Gasteiger charge is -1.96. The predicted molar refractivity (Wildman–Crippen MR) is 96.0 cm³/mol. The van der Waals surface area contributed by atoms with Crippen molar-refractivity contribution >= 4 is 34.5 Å². The summed E-state index contributed by atoms with van der Waals surface area (Å²) in [5.41, 5.74) is 1.31. The van der Waals surface area contributed by atoms with Crippen LogP contribution in [0.25, 0.3) is 6.08 Å². The van der Waals surface area contributed by atoms with Crippen LogP contribution in [0.3, 0.4) is 0 Å². The van der Waals surface area contributed by atoms with Crippen LogP contribution in [0.1, 0.15) is 29.9 Å². The first-order valence-electron chi connectivity index (χ1n) is 7.12. The van der Waals surface area contributed by atoms with Gasteiger partial charge >= 0.3 is 0 Å². The molecular formula is C19H16OS2. The average molecular weight is 324 g/mol. The zero-order valence-electron chi connectivity index (χ0n) is 12.3. The largest absolute Gasteiger partial charge is 0.288 e. The zero-order valence-corrected chi connectivity index (χ0v) is 13.9. The number of allylic oxidation sites excluding steroid dienone is 1. The summed E-state index contributed by atoms with van der Waals surface area (Å²) < 4.78 is 0. The van der Waals surface area contributed by atoms with Crippen LogP contribution in [0.15, 0.2) is 60.7 Å². The highest BCUT2D eigenvalue weighted by molar-refractivity contribution is 7.14. The van der Waals surface area contributed by atoms with E-state index in [0.29, 0.717) is 0 Å². The van der Waals surface area contributed by atoms with E-state index in [1.165, 1.54) is 10.4 Å². The van der Waals surface area contributed by atoms with Gasteiger partial charge in [0.15, 0.2) is 5.78 Å². The van der Waals surface area contributed by atoms with Gasteiger partial charge in [0.2, 0.25) is 0 Å². The lowest BCUT2D eigenvalue weighted by Crippen LogP contribution is -1.87. The van der Waals surface area contributed by atoms with E-state index >= 15 is 0 Å². The fourth-order valence-corrected chi connectivity index (χ4v) is 3.92. The van der Waals surface area contributed by atoms with E-state index in [9.17, 15) is 4.79 Å². The highest BCUT2D eigenvalue weighted by Gasteiger charge is 2.05. The van der Waals surface area contributed by atoms with Crippen molar-refractivity contribution in [3.05, 3.63) is 85.7 Å². The lowest BCUT2D eigenvalue weighted by molar-refractivity contribution is 0.105. The molecule has 3 rings (SSSR count). The summed E-state index contributed by atoms with van der Waals surface area (Å²) in [4.78, 5) is 16.5. The first-order chi connectivity index (χ1) is 10.7. The molecule has 0 spiro atoms. The Kier molecular flexibility index (Phi) is 4.66. The van der Waals surface area contributed by atoms with Gasteiger partial charge in [0.1, 0.15) is 0 Å². The van der Waals surface area contributed by atoms with Gasteiger partial charge in [-0.3, -0.25) is 4.79 Å². The van der Waals surface area contributed by atoms with Crippen molar-refractivity contribution in [2.45, 2.75) is 13.3 Å². The lowest BCUT2D eigenvalue weighted by atomic mass is 10.1. The van der Waals surface area contributed by atoms with Gasteiger partial charge in [-0.1, -0.05) is 30.3 Å². The van der Waals surface area contributed by atoms with E-state index in [0.717, 1.165) is 21.1 Å². The first kappa shape index (κ1) is 14.9. The minimum atomic E-state index is 0.0797. The van der Waals surface area contributed by atoms with Gasteiger partial charge in [-0.2, -0.15) is 0 Å². The van der Waals surface area contributed by atoms with Crippen LogP contribution in [-0.4, -0.2) is 5.78 Å². The Labute approximate surface area is 138 Å². The number of hydrogen-bond donors (Lipinski definition) is 0. The third-order valence-electron chi connectivity index (χ3n) is 3.29. The van der Waals surface area contributed by atoms with Crippen molar-refractivity contribution in [3.63, 3.8) is 0 Å². The SMILES string of the molecule is Cc1ccc(C(=O)/C=C/c2ccc(Cc3ccccc3)s2)s1. The number of rotatable bonds is 5. The van der Waals surface area contributed by atoms with Crippen LogP contribution in [0.5, 0.6) is 0 Å². The summed E-state index contributed by atoms with van der Waals surface area (Å²) >= 11 is 3.28. The molecule has 0 fully saturated rings. The third kappa shape index (κ3) is 3.81. The van der Waals surface area contributed by atoms with E-state index in [2.05, 4.69) is 36.4 Å². The van der Waals surface area contributed by atoms with Crippen LogP contribution in [0, 0.1) is 6.92 Å². The molecule has 0 aliphatic carbocycles. The number of hydrogen-bond acceptors (Lipinski definition) is 3. The molecule has 0 atom stereocenters. The Morgan fingerprint density at radius 1 is 1.00 bits per heavy atom. The maximum absolute atomic E-state index is 12.1. The fraction of sp³-hybridized carbons (Fsp3) is 0.105. The molecule has 2 heterocycles. The van der Waals surface area contributed by atoms with Gasteiger partial charge < -0.3 is 0 Å². The van der Waals surface area contributed by atoms with Crippen LogP contribution in [0.2, 0.25) is 0 Å². The van der Waals surface area contributed by atoms with Gasteiger partial charge in [0.05, 0.1) is 4.88 Å². The minimum absolute atomic E-state index is 0.0797. The standard InChI is InChI=1S/C19H16OS2/c1-14-7-12-19(21-14)18(20)11-10-16-8-9-17(22-16)13-15-5-3-2-4-6-15/h2-12H,13H2,1H3/b11-10+. The van der Waals surface area contributed by atoms with Gasteiger partial charge in [-0.15, -0.1) is 22.7 Å². The molecule has 0 aliphatic rings. The molecule has 22 heavy (non-hydrogen) atoms. The Morgan fingerprint density at radius 2 is 1.82 bits per heavy atom. The molecule has 0 saturated heterocycles. The van der Waals surface area contributed by atoms with E-state index in [4.69, 9.17) is 0 Å². The Balaban J connectivity index is 1.66. The quantitative estimate of drug-likeness (QED) is 0.441. The van der Waals surface area contributed by atoms with Crippen molar-refractivity contribution in [2.75, 3.05) is 0 Å². The van der Waals surface area contributed by atoms with E-state index in [-0.39, 0.29) is 5.78 Å². The van der Waals surface area contributed by atoms with Gasteiger partial charge in [0.25, 0.3) is 0 Å². The maximum atomic E-state index is 12.1. The van der Waals surface area contributed by atoms with Crippen LogP contribution < -0.4 is 0 Å². The normalized spacial score (nSPS) is 11.1. The molecule has 3 aromatic rings. The van der Waals surface area contributed by atoms with E-state index < -0.39 is 0 Å². The third-order valence-corrected chi connectivity index (χ3v) is 5.35. The van der Waals surface area contributed by atoms with Gasteiger partial charge in [-0.25, -0.2) is 0 Å². The molecule has 1 nitrogen and oxygen atoms in total. The summed E-state index contributed by atoms with van der Waals surface area (Å²) in [6.45, 7) is 2.01. The molecule has 0 N–H and O–H groups in total. The number of carbonyl (C=O) groups is 1. The Hall–Kier alpha value is -1.97. The second-order valence-corrected chi connectivity index (χ2v) is 7.56. The molecule has 0 aliphatic heterocycles. The summed E-state index contributed by atoms with van der Waals surface area (Å²) in [6, 6.07) is 18.5. The molecule has 3 heteroatoms. The molecular weight excluding hydrogens is 308 g/mol. The molecule has 0 unspecified atom stereocenters. The predicted octanol–water partition coefficient (Wildman–Crippen LogP) is 5.60. The van der Waals surface area contributed by atoms with Gasteiger partial charge in [0, 0.05) is 21.1 Å². The molecule has 0 saturated carbocycles. The monoisotopic (exact) mass is 324 g/mol. The van der Waals surface area contributed by atoms with Crippen molar-refractivity contribution in [3.8, 4) is 0 Å². The average Bonchev–Trinajstić information content (AvgIpc) is 3.15. The number of carbonyl (C=O) groups excluding carboxylic acids is 1. The molecule has 0 bridgehead atoms. The molecule has 2 aromatic heterocycles. The summed E-state index contributed by atoms with van der Waals surface area (Å²) in [7, 11) is 0. The number of thiophene rings is 2. The highest BCUT2D eigenvalue weighted by atomic mass is 32.1. The zero-order chi connectivity index (χ0) is 15.4. The van der Waals surface area contributed by atoms with Crippen molar-refractivity contribution in [1.82, 2.24) is 0 Å². The number of ketones is 1. The van der Waals surface area contributed by atoms with Crippen LogP contribution in [0.4, 0.5) is 0 Å². The molecule has 110 valence electrons. The molecule has 1 aromatic carbocycles. The van der Waals surface area contributed by atoms with E-state index in [1.807, 2.05) is 31.2 Å². The summed E-state index contributed by atoms with van der Waals surface area (Å²) in [5.74, 6) is 0.0797. The van der Waals surface area contributed by atoms with Crippen molar-refractivity contribution in [1.29, 1.82) is 0 Å². The van der Waals surface area contributed by atoms with Gasteiger partial charge in [-0.05, 0) is 48.9 Å². The second-order valence-electron chi connectivity index (χ2n) is 5.07. The fourth-order valence-electron chi connectivity index (χ4n) is 2.18.